The lowest BCUT2D eigenvalue weighted by Crippen LogP contribution is -2.13. The molecule has 78 valence electrons. The van der Waals surface area contributed by atoms with Crippen molar-refractivity contribution in [3.8, 4) is 0 Å². The molecule has 0 fully saturated rings. The second kappa shape index (κ2) is 6.89. The minimum Gasteiger partial charge on any atom is -0.481 e. The van der Waals surface area contributed by atoms with Gasteiger partial charge >= 0.3 is 5.97 Å². The van der Waals surface area contributed by atoms with Crippen molar-refractivity contribution >= 4 is 5.97 Å². The first kappa shape index (κ1) is 12.4. The number of carbonyl (C=O) groups is 1. The third-order valence-corrected chi connectivity index (χ3v) is 2.18. The molecule has 13 heavy (non-hydrogen) atoms. The van der Waals surface area contributed by atoms with Crippen molar-refractivity contribution in [1.82, 2.24) is 0 Å². The summed E-state index contributed by atoms with van der Waals surface area (Å²) >= 11 is 0. The van der Waals surface area contributed by atoms with Crippen LogP contribution in [0.25, 0.3) is 0 Å². The van der Waals surface area contributed by atoms with Gasteiger partial charge in [0, 0.05) is 0 Å². The summed E-state index contributed by atoms with van der Waals surface area (Å²) in [6, 6.07) is 0. The zero-order valence-corrected chi connectivity index (χ0v) is 8.49. The Hall–Kier alpha value is -0.570. The van der Waals surface area contributed by atoms with E-state index in [4.69, 9.17) is 5.11 Å². The van der Waals surface area contributed by atoms with E-state index in [0.717, 1.165) is 19.3 Å². The van der Waals surface area contributed by atoms with Crippen LogP contribution in [0, 0.1) is 5.92 Å². The lowest BCUT2D eigenvalue weighted by atomic mass is 9.97. The maximum atomic E-state index is 10.2. The molecule has 0 aliphatic rings. The molecule has 0 amide bonds. The SMILES string of the molecule is CCCC(C)CC[C@@H](O)CC(=O)O. The number of carboxylic acids is 1. The van der Waals surface area contributed by atoms with E-state index in [2.05, 4.69) is 13.8 Å². The van der Waals surface area contributed by atoms with E-state index in [0.29, 0.717) is 12.3 Å². The molecule has 0 aliphatic heterocycles. The number of hydrogen-bond donors (Lipinski definition) is 2. The van der Waals surface area contributed by atoms with E-state index in [1.807, 2.05) is 0 Å². The molecule has 0 aromatic carbocycles. The Kier molecular flexibility index (Phi) is 6.59. The van der Waals surface area contributed by atoms with E-state index >= 15 is 0 Å². The lowest BCUT2D eigenvalue weighted by molar-refractivity contribution is -0.139. The third kappa shape index (κ3) is 7.78. The van der Waals surface area contributed by atoms with Crippen LogP contribution in [0.4, 0.5) is 0 Å². The van der Waals surface area contributed by atoms with Gasteiger partial charge in [-0.05, 0) is 18.8 Å². The van der Waals surface area contributed by atoms with Crippen LogP contribution in [0.15, 0.2) is 0 Å². The Morgan fingerprint density at radius 1 is 1.31 bits per heavy atom. The van der Waals surface area contributed by atoms with Crippen LogP contribution in [-0.2, 0) is 4.79 Å². The molecule has 0 heterocycles. The first-order valence-electron chi connectivity index (χ1n) is 4.96. The van der Waals surface area contributed by atoms with Crippen LogP contribution in [-0.4, -0.2) is 22.3 Å². The van der Waals surface area contributed by atoms with Crippen molar-refractivity contribution in [2.45, 2.75) is 52.1 Å². The van der Waals surface area contributed by atoms with Crippen LogP contribution in [0.2, 0.25) is 0 Å². The molecule has 3 heteroatoms. The van der Waals surface area contributed by atoms with Gasteiger partial charge in [-0.2, -0.15) is 0 Å². The molecule has 0 rings (SSSR count). The Bertz CT molecular complexity index is 145. The lowest BCUT2D eigenvalue weighted by Gasteiger charge is -2.12. The predicted octanol–water partition coefficient (Wildman–Crippen LogP) is 2.04. The molecule has 1 unspecified atom stereocenters. The molecule has 0 saturated heterocycles. The van der Waals surface area contributed by atoms with Crippen LogP contribution in [0.5, 0.6) is 0 Å². The van der Waals surface area contributed by atoms with Crippen LogP contribution >= 0.6 is 0 Å². The Labute approximate surface area is 79.8 Å². The van der Waals surface area contributed by atoms with Crippen LogP contribution < -0.4 is 0 Å². The molecule has 2 N–H and O–H groups in total. The fraction of sp³-hybridized carbons (Fsp3) is 0.900. The Balaban J connectivity index is 3.45. The maximum Gasteiger partial charge on any atom is 0.305 e. The van der Waals surface area contributed by atoms with E-state index in [9.17, 15) is 9.90 Å². The molecule has 2 atom stereocenters. The van der Waals surface area contributed by atoms with Gasteiger partial charge in [-0.3, -0.25) is 4.79 Å². The largest absolute Gasteiger partial charge is 0.481 e. The van der Waals surface area contributed by atoms with Gasteiger partial charge in [0.15, 0.2) is 0 Å². The first-order chi connectivity index (χ1) is 6.06. The smallest absolute Gasteiger partial charge is 0.305 e. The van der Waals surface area contributed by atoms with Crippen LogP contribution in [0.1, 0.15) is 46.0 Å². The number of hydrogen-bond acceptors (Lipinski definition) is 2. The van der Waals surface area contributed by atoms with Crippen molar-refractivity contribution in [2.75, 3.05) is 0 Å². The molecular formula is C10H20O3. The summed E-state index contributed by atoms with van der Waals surface area (Å²) < 4.78 is 0. The van der Waals surface area contributed by atoms with Gasteiger partial charge in [0.2, 0.25) is 0 Å². The van der Waals surface area contributed by atoms with Gasteiger partial charge in [-0.1, -0.05) is 26.7 Å². The monoisotopic (exact) mass is 188 g/mol. The van der Waals surface area contributed by atoms with Gasteiger partial charge in [0.1, 0.15) is 0 Å². The van der Waals surface area contributed by atoms with E-state index in [1.54, 1.807) is 0 Å². The molecule has 0 saturated carbocycles. The fourth-order valence-electron chi connectivity index (χ4n) is 1.42. The Morgan fingerprint density at radius 2 is 1.92 bits per heavy atom. The highest BCUT2D eigenvalue weighted by Gasteiger charge is 2.10. The van der Waals surface area contributed by atoms with E-state index < -0.39 is 12.1 Å². The number of aliphatic hydroxyl groups excluding tert-OH is 1. The topological polar surface area (TPSA) is 57.5 Å². The molecular weight excluding hydrogens is 168 g/mol. The van der Waals surface area contributed by atoms with E-state index in [-0.39, 0.29) is 6.42 Å². The van der Waals surface area contributed by atoms with Gasteiger partial charge < -0.3 is 10.2 Å². The zero-order valence-electron chi connectivity index (χ0n) is 8.49. The van der Waals surface area contributed by atoms with Gasteiger partial charge in [-0.15, -0.1) is 0 Å². The summed E-state index contributed by atoms with van der Waals surface area (Å²) in [6.45, 7) is 4.27. The zero-order chi connectivity index (χ0) is 10.3. The summed E-state index contributed by atoms with van der Waals surface area (Å²) in [6.07, 6.45) is 3.03. The van der Waals surface area contributed by atoms with Gasteiger partial charge in [-0.25, -0.2) is 0 Å². The third-order valence-electron chi connectivity index (χ3n) is 2.18. The summed E-state index contributed by atoms with van der Waals surface area (Å²) in [5, 5.41) is 17.6. The number of aliphatic carboxylic acids is 1. The first-order valence-corrected chi connectivity index (χ1v) is 4.96. The molecule has 3 nitrogen and oxygen atoms in total. The second-order valence-electron chi connectivity index (χ2n) is 3.72. The van der Waals surface area contributed by atoms with Gasteiger partial charge in [0.05, 0.1) is 12.5 Å². The van der Waals surface area contributed by atoms with Crippen molar-refractivity contribution in [2.24, 2.45) is 5.92 Å². The Morgan fingerprint density at radius 3 is 2.38 bits per heavy atom. The van der Waals surface area contributed by atoms with Crippen molar-refractivity contribution in [3.05, 3.63) is 0 Å². The average molecular weight is 188 g/mol. The van der Waals surface area contributed by atoms with Crippen LogP contribution in [0.3, 0.4) is 0 Å². The van der Waals surface area contributed by atoms with Crippen molar-refractivity contribution in [3.63, 3.8) is 0 Å². The van der Waals surface area contributed by atoms with Gasteiger partial charge in [0.25, 0.3) is 0 Å². The fourth-order valence-corrected chi connectivity index (χ4v) is 1.42. The predicted molar refractivity (Wildman–Crippen MR) is 51.6 cm³/mol. The quantitative estimate of drug-likeness (QED) is 0.642. The summed E-state index contributed by atoms with van der Waals surface area (Å²) in [4.78, 5) is 10.2. The maximum absolute atomic E-state index is 10.2. The highest BCUT2D eigenvalue weighted by Crippen LogP contribution is 2.14. The summed E-state index contributed by atoms with van der Waals surface area (Å²) in [5.74, 6) is -0.330. The van der Waals surface area contributed by atoms with Crippen molar-refractivity contribution in [1.29, 1.82) is 0 Å². The highest BCUT2D eigenvalue weighted by atomic mass is 16.4. The minimum atomic E-state index is -0.921. The molecule has 0 aliphatic carbocycles. The molecule has 0 bridgehead atoms. The second-order valence-corrected chi connectivity index (χ2v) is 3.72. The normalized spacial score (nSPS) is 15.3. The highest BCUT2D eigenvalue weighted by molar-refractivity contribution is 5.67. The number of carboxylic acid groups (broad SMARTS) is 1. The summed E-state index contributed by atoms with van der Waals surface area (Å²) in [7, 11) is 0. The standard InChI is InChI=1S/C10H20O3/c1-3-4-8(2)5-6-9(11)7-10(12)13/h8-9,11H,3-7H2,1-2H3,(H,12,13)/t8?,9-/m1/s1. The average Bonchev–Trinajstić information content (AvgIpc) is 2.00. The molecule has 0 spiro atoms. The molecule has 0 radical (unpaired) electrons. The van der Waals surface area contributed by atoms with E-state index in [1.165, 1.54) is 0 Å². The van der Waals surface area contributed by atoms with Crippen molar-refractivity contribution < 1.29 is 15.0 Å². The molecule has 0 aromatic rings. The minimum absolute atomic E-state index is 0.126. The summed E-state index contributed by atoms with van der Waals surface area (Å²) in [5.41, 5.74) is 0. The number of aliphatic hydroxyl groups is 1. The molecule has 0 aromatic heterocycles. The number of rotatable bonds is 7.